The average molecular weight is 419 g/mol. The molecule has 1 saturated heterocycles. The molecule has 1 unspecified atom stereocenters. The molecule has 0 spiro atoms. The molecule has 134 valence electrons. The van der Waals surface area contributed by atoms with Crippen molar-refractivity contribution in [1.82, 2.24) is 10.2 Å². The first-order valence-electron chi connectivity index (χ1n) is 8.11. The van der Waals surface area contributed by atoms with Crippen LogP contribution in [0.4, 0.5) is 0 Å². The van der Waals surface area contributed by atoms with E-state index in [1.165, 1.54) is 0 Å². The molecule has 3 N–H and O–H groups in total. The van der Waals surface area contributed by atoms with E-state index in [1.807, 2.05) is 29.2 Å². The fourth-order valence-electron chi connectivity index (χ4n) is 2.87. The summed E-state index contributed by atoms with van der Waals surface area (Å²) < 4.78 is 1.01. The summed E-state index contributed by atoms with van der Waals surface area (Å²) in [5.74, 6) is 0.0866. The van der Waals surface area contributed by atoms with Gasteiger partial charge in [-0.1, -0.05) is 28.1 Å². The molecule has 0 aromatic heterocycles. The molecule has 0 saturated carbocycles. The van der Waals surface area contributed by atoms with Gasteiger partial charge in [-0.15, -0.1) is 12.4 Å². The number of nitrogens with zero attached hydrogens (tertiary/aromatic N) is 1. The van der Waals surface area contributed by atoms with Crippen LogP contribution in [0.25, 0.3) is 0 Å². The van der Waals surface area contributed by atoms with Crippen molar-refractivity contribution in [3.8, 4) is 0 Å². The summed E-state index contributed by atoms with van der Waals surface area (Å²) in [6, 6.07) is 7.91. The Balaban J connectivity index is 0.00000288. The zero-order valence-electron chi connectivity index (χ0n) is 13.7. The number of hydrogen-bond acceptors (Lipinski definition) is 3. The van der Waals surface area contributed by atoms with E-state index in [9.17, 15) is 9.59 Å². The molecule has 1 heterocycles. The number of halogens is 2. The number of hydrogen-bond donors (Lipinski definition) is 2. The second-order valence-corrected chi connectivity index (χ2v) is 6.80. The minimum Gasteiger partial charge on any atom is -0.354 e. The van der Waals surface area contributed by atoms with Crippen molar-refractivity contribution in [2.24, 2.45) is 5.73 Å². The first-order valence-corrected chi connectivity index (χ1v) is 8.90. The molecular formula is C17H25BrClN3O2. The minimum absolute atomic E-state index is 0. The van der Waals surface area contributed by atoms with E-state index in [0.29, 0.717) is 25.9 Å². The van der Waals surface area contributed by atoms with Crippen molar-refractivity contribution in [3.63, 3.8) is 0 Å². The van der Waals surface area contributed by atoms with Gasteiger partial charge >= 0.3 is 0 Å². The van der Waals surface area contributed by atoms with Crippen LogP contribution in [0.1, 0.15) is 31.2 Å². The second-order valence-electron chi connectivity index (χ2n) is 5.88. The number of likely N-dealkylation sites (tertiary alicyclic amines) is 1. The van der Waals surface area contributed by atoms with Gasteiger partial charge in [-0.2, -0.15) is 0 Å². The van der Waals surface area contributed by atoms with Gasteiger partial charge in [0.15, 0.2) is 0 Å². The highest BCUT2D eigenvalue weighted by Crippen LogP contribution is 2.19. The van der Waals surface area contributed by atoms with Gasteiger partial charge in [-0.05, 0) is 37.0 Å². The standard InChI is InChI=1S/C17H24BrN3O2.ClH/c18-14-6-4-13(5-7-14)11-17(23)21-10-2-1-3-15(21)12-20-16(22)8-9-19;/h4-7,15H,1-3,8-12,19H2,(H,20,22);1H. The molecular weight excluding hydrogens is 394 g/mol. The highest BCUT2D eigenvalue weighted by molar-refractivity contribution is 9.10. The summed E-state index contributed by atoms with van der Waals surface area (Å²) in [5.41, 5.74) is 6.39. The number of nitrogens with one attached hydrogen (secondary N) is 1. The molecule has 1 atom stereocenters. The van der Waals surface area contributed by atoms with E-state index in [0.717, 1.165) is 35.8 Å². The fraction of sp³-hybridized carbons (Fsp3) is 0.529. The van der Waals surface area contributed by atoms with E-state index < -0.39 is 0 Å². The zero-order valence-corrected chi connectivity index (χ0v) is 16.1. The number of carbonyl (C=O) groups excluding carboxylic acids is 2. The highest BCUT2D eigenvalue weighted by atomic mass is 79.9. The van der Waals surface area contributed by atoms with E-state index >= 15 is 0 Å². The monoisotopic (exact) mass is 417 g/mol. The molecule has 2 amide bonds. The van der Waals surface area contributed by atoms with E-state index in [4.69, 9.17) is 5.73 Å². The maximum Gasteiger partial charge on any atom is 0.227 e. The molecule has 0 bridgehead atoms. The minimum atomic E-state index is -0.0432. The van der Waals surface area contributed by atoms with Gasteiger partial charge in [-0.25, -0.2) is 0 Å². The van der Waals surface area contributed by atoms with Gasteiger partial charge in [0.1, 0.15) is 0 Å². The topological polar surface area (TPSA) is 75.4 Å². The smallest absolute Gasteiger partial charge is 0.227 e. The largest absolute Gasteiger partial charge is 0.354 e. The van der Waals surface area contributed by atoms with Gasteiger partial charge < -0.3 is 16.0 Å². The van der Waals surface area contributed by atoms with Crippen molar-refractivity contribution in [2.75, 3.05) is 19.6 Å². The average Bonchev–Trinajstić information content (AvgIpc) is 2.55. The Morgan fingerprint density at radius 1 is 1.25 bits per heavy atom. The van der Waals surface area contributed by atoms with Crippen LogP contribution in [-0.2, 0) is 16.0 Å². The van der Waals surface area contributed by atoms with Crippen LogP contribution in [0, 0.1) is 0 Å². The lowest BCUT2D eigenvalue weighted by Gasteiger charge is -2.36. The Hall–Kier alpha value is -1.11. The normalized spacial score (nSPS) is 17.1. The molecule has 1 aromatic carbocycles. The lowest BCUT2D eigenvalue weighted by atomic mass is 10.0. The predicted molar refractivity (Wildman–Crippen MR) is 101 cm³/mol. The van der Waals surface area contributed by atoms with Gasteiger partial charge in [0.25, 0.3) is 0 Å². The summed E-state index contributed by atoms with van der Waals surface area (Å²) in [4.78, 5) is 26.1. The van der Waals surface area contributed by atoms with Crippen molar-refractivity contribution >= 4 is 40.2 Å². The lowest BCUT2D eigenvalue weighted by molar-refractivity contribution is -0.134. The number of benzene rings is 1. The van der Waals surface area contributed by atoms with Crippen LogP contribution in [0.5, 0.6) is 0 Å². The van der Waals surface area contributed by atoms with Crippen LogP contribution in [0.15, 0.2) is 28.7 Å². The molecule has 0 aliphatic carbocycles. The van der Waals surface area contributed by atoms with Crippen LogP contribution in [-0.4, -0.2) is 42.4 Å². The van der Waals surface area contributed by atoms with Gasteiger partial charge in [0.2, 0.25) is 11.8 Å². The fourth-order valence-corrected chi connectivity index (χ4v) is 3.13. The summed E-state index contributed by atoms with van der Waals surface area (Å²) >= 11 is 3.40. The molecule has 5 nitrogen and oxygen atoms in total. The third-order valence-corrected chi connectivity index (χ3v) is 4.65. The van der Waals surface area contributed by atoms with Crippen LogP contribution < -0.4 is 11.1 Å². The van der Waals surface area contributed by atoms with Gasteiger partial charge in [0, 0.05) is 36.6 Å². The number of amides is 2. The Kier molecular flexibility index (Phi) is 9.33. The first-order chi connectivity index (χ1) is 11.1. The third kappa shape index (κ3) is 6.42. The molecule has 0 radical (unpaired) electrons. The van der Waals surface area contributed by atoms with E-state index in [2.05, 4.69) is 21.2 Å². The predicted octanol–water partition coefficient (Wildman–Crippen LogP) is 2.26. The third-order valence-electron chi connectivity index (χ3n) is 4.12. The second kappa shape index (κ2) is 10.7. The Labute approximate surface area is 157 Å². The van der Waals surface area contributed by atoms with Crippen LogP contribution >= 0.6 is 28.3 Å². The van der Waals surface area contributed by atoms with Crippen molar-refractivity contribution in [3.05, 3.63) is 34.3 Å². The van der Waals surface area contributed by atoms with Crippen molar-refractivity contribution in [1.29, 1.82) is 0 Å². The quantitative estimate of drug-likeness (QED) is 0.744. The van der Waals surface area contributed by atoms with Crippen LogP contribution in [0.2, 0.25) is 0 Å². The molecule has 24 heavy (non-hydrogen) atoms. The Bertz CT molecular complexity index is 539. The summed E-state index contributed by atoms with van der Waals surface area (Å²) in [6.45, 7) is 1.64. The zero-order chi connectivity index (χ0) is 16.7. The lowest BCUT2D eigenvalue weighted by Crippen LogP contribution is -2.50. The number of rotatable bonds is 6. The number of nitrogens with two attached hydrogens (primary N) is 1. The Morgan fingerprint density at radius 2 is 1.96 bits per heavy atom. The van der Waals surface area contributed by atoms with Gasteiger partial charge in [-0.3, -0.25) is 9.59 Å². The SMILES string of the molecule is Cl.NCCC(=O)NCC1CCCCN1C(=O)Cc1ccc(Br)cc1. The maximum atomic E-state index is 12.6. The van der Waals surface area contributed by atoms with E-state index in [1.54, 1.807) is 0 Å². The van der Waals surface area contributed by atoms with Crippen LogP contribution in [0.3, 0.4) is 0 Å². The van der Waals surface area contributed by atoms with Crippen molar-refractivity contribution in [2.45, 2.75) is 38.1 Å². The van der Waals surface area contributed by atoms with Crippen molar-refractivity contribution < 1.29 is 9.59 Å². The summed E-state index contributed by atoms with van der Waals surface area (Å²) in [6.07, 6.45) is 3.80. The molecule has 1 aliphatic rings. The highest BCUT2D eigenvalue weighted by Gasteiger charge is 2.26. The molecule has 1 aromatic rings. The maximum absolute atomic E-state index is 12.6. The number of piperidine rings is 1. The van der Waals surface area contributed by atoms with E-state index in [-0.39, 0.29) is 30.3 Å². The summed E-state index contributed by atoms with van der Waals surface area (Å²) in [5, 5.41) is 2.89. The van der Waals surface area contributed by atoms with Gasteiger partial charge in [0.05, 0.1) is 6.42 Å². The number of carbonyl (C=O) groups is 2. The molecule has 1 aliphatic heterocycles. The first kappa shape index (κ1) is 20.9. The molecule has 2 rings (SSSR count). The Morgan fingerprint density at radius 3 is 2.62 bits per heavy atom. The molecule has 7 heteroatoms. The summed E-state index contributed by atoms with van der Waals surface area (Å²) in [7, 11) is 0. The molecule has 1 fully saturated rings.